The van der Waals surface area contributed by atoms with Gasteiger partial charge in [0.15, 0.2) is 0 Å². The van der Waals surface area contributed by atoms with Gasteiger partial charge in [-0.15, -0.1) is 0 Å². The molecular weight excluding hydrogens is 250 g/mol. The van der Waals surface area contributed by atoms with E-state index in [2.05, 4.69) is 0 Å². The minimum atomic E-state index is -0.320. The van der Waals surface area contributed by atoms with Gasteiger partial charge in [-0.2, -0.15) is 5.26 Å². The highest BCUT2D eigenvalue weighted by Crippen LogP contribution is 2.17. The van der Waals surface area contributed by atoms with Crippen molar-refractivity contribution >= 4 is 11.9 Å². The minimum absolute atomic E-state index is 0.0428. The van der Waals surface area contributed by atoms with Crippen LogP contribution >= 0.6 is 0 Å². The fourth-order valence-electron chi connectivity index (χ4n) is 1.87. The zero-order valence-electron chi connectivity index (χ0n) is 11.0. The highest BCUT2D eigenvalue weighted by atomic mass is 16.3. The van der Waals surface area contributed by atoms with Crippen LogP contribution < -0.4 is 0 Å². The van der Waals surface area contributed by atoms with Crippen LogP contribution in [0.15, 0.2) is 54.1 Å². The summed E-state index contributed by atoms with van der Waals surface area (Å²) in [4.78, 5) is 12.3. The number of aromatic hydroxyl groups is 1. The van der Waals surface area contributed by atoms with Crippen LogP contribution in [0.1, 0.15) is 21.5 Å². The fraction of sp³-hybridized carbons (Fsp3) is 0.0588. The SMILES string of the molecule is Cc1cccc(C(=O)/C(C#N)=C/c2cccc(O)c2)c1. The lowest BCUT2D eigenvalue weighted by molar-refractivity contribution is 0.104. The molecule has 3 nitrogen and oxygen atoms in total. The summed E-state index contributed by atoms with van der Waals surface area (Å²) in [5.41, 5.74) is 2.10. The third-order valence-electron chi connectivity index (χ3n) is 2.83. The zero-order valence-corrected chi connectivity index (χ0v) is 11.0. The molecule has 0 amide bonds. The van der Waals surface area contributed by atoms with Crippen LogP contribution in [-0.2, 0) is 0 Å². The molecule has 0 radical (unpaired) electrons. The summed E-state index contributed by atoms with van der Waals surface area (Å²) >= 11 is 0. The van der Waals surface area contributed by atoms with Crippen LogP contribution in [0.3, 0.4) is 0 Å². The Bertz CT molecular complexity index is 724. The van der Waals surface area contributed by atoms with Crippen LogP contribution in [0.25, 0.3) is 6.08 Å². The van der Waals surface area contributed by atoms with E-state index in [1.807, 2.05) is 19.1 Å². The summed E-state index contributed by atoms with van der Waals surface area (Å²) in [6, 6.07) is 15.4. The molecule has 98 valence electrons. The number of carbonyl (C=O) groups is 1. The van der Waals surface area contributed by atoms with Crippen LogP contribution in [0.2, 0.25) is 0 Å². The second kappa shape index (κ2) is 5.85. The molecule has 0 saturated heterocycles. The van der Waals surface area contributed by atoms with Gasteiger partial charge in [-0.25, -0.2) is 0 Å². The number of phenolic OH excluding ortho intramolecular Hbond substituents is 1. The van der Waals surface area contributed by atoms with Crippen molar-refractivity contribution in [3.63, 3.8) is 0 Å². The number of benzene rings is 2. The summed E-state index contributed by atoms with van der Waals surface area (Å²) in [6.07, 6.45) is 1.48. The van der Waals surface area contributed by atoms with E-state index in [-0.39, 0.29) is 17.1 Å². The molecule has 0 aliphatic rings. The molecule has 0 aliphatic heterocycles. The van der Waals surface area contributed by atoms with Crippen molar-refractivity contribution in [3.8, 4) is 11.8 Å². The van der Waals surface area contributed by atoms with E-state index in [9.17, 15) is 9.90 Å². The predicted molar refractivity (Wildman–Crippen MR) is 77.2 cm³/mol. The van der Waals surface area contributed by atoms with Gasteiger partial charge in [0.05, 0.1) is 0 Å². The summed E-state index contributed by atoms with van der Waals surface area (Å²) in [5.74, 6) is -0.224. The van der Waals surface area contributed by atoms with Crippen molar-refractivity contribution in [3.05, 3.63) is 70.8 Å². The number of hydrogen-bond acceptors (Lipinski definition) is 3. The maximum Gasteiger partial charge on any atom is 0.203 e. The monoisotopic (exact) mass is 263 g/mol. The van der Waals surface area contributed by atoms with Crippen molar-refractivity contribution in [1.29, 1.82) is 5.26 Å². The van der Waals surface area contributed by atoms with Crippen molar-refractivity contribution in [2.45, 2.75) is 6.92 Å². The van der Waals surface area contributed by atoms with Crippen LogP contribution in [0, 0.1) is 18.3 Å². The quantitative estimate of drug-likeness (QED) is 0.524. The number of Topliss-reactive ketones (excluding diaryl/α,β-unsaturated/α-hetero) is 1. The Kier molecular flexibility index (Phi) is 3.97. The molecule has 0 aliphatic carbocycles. The summed E-state index contributed by atoms with van der Waals surface area (Å²) in [7, 11) is 0. The number of nitrogens with zero attached hydrogens (tertiary/aromatic N) is 1. The van der Waals surface area contributed by atoms with Gasteiger partial charge in [0.1, 0.15) is 17.4 Å². The minimum Gasteiger partial charge on any atom is -0.508 e. The van der Waals surface area contributed by atoms with Gasteiger partial charge in [-0.3, -0.25) is 4.79 Å². The largest absolute Gasteiger partial charge is 0.508 e. The standard InChI is InChI=1S/C17H13NO2/c1-12-4-2-6-14(8-12)17(20)15(11-18)9-13-5-3-7-16(19)10-13/h2-10,19H,1H3/b15-9+. The molecule has 2 aromatic rings. The van der Waals surface area contributed by atoms with Crippen LogP contribution in [0.4, 0.5) is 0 Å². The molecule has 3 heteroatoms. The molecule has 2 rings (SSSR count). The molecule has 0 heterocycles. The van der Waals surface area contributed by atoms with Gasteiger partial charge < -0.3 is 5.11 Å². The number of carbonyl (C=O) groups excluding carboxylic acids is 1. The molecule has 1 N–H and O–H groups in total. The van der Waals surface area contributed by atoms with Gasteiger partial charge in [-0.05, 0) is 36.8 Å². The van der Waals surface area contributed by atoms with Crippen molar-refractivity contribution in [2.24, 2.45) is 0 Å². The molecule has 2 aromatic carbocycles. The lowest BCUT2D eigenvalue weighted by Crippen LogP contribution is -2.02. The van der Waals surface area contributed by atoms with E-state index >= 15 is 0 Å². The predicted octanol–water partition coefficient (Wildman–Crippen LogP) is 3.49. The first-order valence-corrected chi connectivity index (χ1v) is 6.12. The lowest BCUT2D eigenvalue weighted by Gasteiger charge is -2.01. The highest BCUT2D eigenvalue weighted by molar-refractivity contribution is 6.14. The Morgan fingerprint density at radius 3 is 2.60 bits per heavy atom. The molecule has 0 aromatic heterocycles. The summed E-state index contributed by atoms with van der Waals surface area (Å²) < 4.78 is 0. The van der Waals surface area contributed by atoms with E-state index in [0.29, 0.717) is 11.1 Å². The fourth-order valence-corrected chi connectivity index (χ4v) is 1.87. The van der Waals surface area contributed by atoms with E-state index < -0.39 is 0 Å². The zero-order chi connectivity index (χ0) is 14.5. The maximum atomic E-state index is 12.3. The number of aryl methyl sites for hydroxylation is 1. The van der Waals surface area contributed by atoms with Crippen molar-refractivity contribution < 1.29 is 9.90 Å². The summed E-state index contributed by atoms with van der Waals surface area (Å²) in [6.45, 7) is 1.89. The molecule has 0 bridgehead atoms. The van der Waals surface area contributed by atoms with Crippen LogP contribution in [0.5, 0.6) is 5.75 Å². The third kappa shape index (κ3) is 3.12. The van der Waals surface area contributed by atoms with Crippen molar-refractivity contribution in [2.75, 3.05) is 0 Å². The normalized spacial score (nSPS) is 10.9. The maximum absolute atomic E-state index is 12.3. The Hall–Kier alpha value is -2.86. The first kappa shape index (κ1) is 13.6. The average molecular weight is 263 g/mol. The topological polar surface area (TPSA) is 61.1 Å². The van der Waals surface area contributed by atoms with E-state index in [4.69, 9.17) is 5.26 Å². The smallest absolute Gasteiger partial charge is 0.203 e. The first-order valence-electron chi connectivity index (χ1n) is 6.12. The molecule has 0 atom stereocenters. The van der Waals surface area contributed by atoms with E-state index in [0.717, 1.165) is 5.56 Å². The Balaban J connectivity index is 2.38. The number of nitriles is 1. The van der Waals surface area contributed by atoms with E-state index in [1.165, 1.54) is 18.2 Å². The molecular formula is C17H13NO2. The van der Waals surface area contributed by atoms with Gasteiger partial charge in [-0.1, -0.05) is 35.9 Å². The Labute approximate surface area is 117 Å². The number of rotatable bonds is 3. The second-order valence-corrected chi connectivity index (χ2v) is 4.46. The van der Waals surface area contributed by atoms with E-state index in [1.54, 1.807) is 30.3 Å². The Morgan fingerprint density at radius 1 is 1.20 bits per heavy atom. The number of hydrogen-bond donors (Lipinski definition) is 1. The van der Waals surface area contributed by atoms with Crippen LogP contribution in [-0.4, -0.2) is 10.9 Å². The van der Waals surface area contributed by atoms with Gasteiger partial charge in [0.2, 0.25) is 5.78 Å². The third-order valence-corrected chi connectivity index (χ3v) is 2.83. The number of phenols is 1. The first-order chi connectivity index (χ1) is 9.60. The van der Waals surface area contributed by atoms with Gasteiger partial charge in [0.25, 0.3) is 0 Å². The highest BCUT2D eigenvalue weighted by Gasteiger charge is 2.12. The number of ketones is 1. The molecule has 0 spiro atoms. The molecule has 20 heavy (non-hydrogen) atoms. The van der Waals surface area contributed by atoms with Gasteiger partial charge in [0, 0.05) is 5.56 Å². The molecule has 0 saturated carbocycles. The molecule has 0 fully saturated rings. The second-order valence-electron chi connectivity index (χ2n) is 4.46. The molecule has 0 unspecified atom stereocenters. The average Bonchev–Trinajstić information content (AvgIpc) is 2.44. The lowest BCUT2D eigenvalue weighted by atomic mass is 10.0. The van der Waals surface area contributed by atoms with Crippen molar-refractivity contribution in [1.82, 2.24) is 0 Å². The Morgan fingerprint density at radius 2 is 1.95 bits per heavy atom. The number of allylic oxidation sites excluding steroid dienone is 1. The summed E-state index contributed by atoms with van der Waals surface area (Å²) in [5, 5.41) is 18.5. The van der Waals surface area contributed by atoms with Gasteiger partial charge >= 0.3 is 0 Å².